The number of carbonyl (C=O) groups excluding carboxylic acids is 1. The zero-order valence-electron chi connectivity index (χ0n) is 11.9. The fraction of sp³-hybridized carbons (Fsp3) is 0.133. The summed E-state index contributed by atoms with van der Waals surface area (Å²) < 4.78 is 64.8. The number of nitrogens with zero attached hydrogens (tertiary/aromatic N) is 1. The molecule has 0 spiro atoms. The molecule has 2 amide bonds. The molecule has 1 heterocycles. The number of halogens is 5. The lowest BCUT2D eigenvalue weighted by Gasteiger charge is -2.28. The van der Waals surface area contributed by atoms with Gasteiger partial charge in [0.05, 0.1) is 17.9 Å². The molecule has 126 valence electrons. The van der Waals surface area contributed by atoms with Crippen LogP contribution in [0.25, 0.3) is 0 Å². The second kappa shape index (κ2) is 5.66. The summed E-state index contributed by atoms with van der Waals surface area (Å²) in [5.41, 5.74) is -0.976. The van der Waals surface area contributed by atoms with Crippen molar-refractivity contribution in [3.63, 3.8) is 0 Å². The Kier molecular flexibility index (Phi) is 3.78. The fourth-order valence-electron chi connectivity index (χ4n) is 2.28. The van der Waals surface area contributed by atoms with Gasteiger partial charge in [0.25, 0.3) is 0 Å². The van der Waals surface area contributed by atoms with Crippen LogP contribution in [0.1, 0.15) is 5.56 Å². The number of rotatable bonds is 1. The standard InChI is InChI=1S/C15H10F5N3O/c16-9-3-8(15(18,19)20)4-10(5-9)22-14(24)23-7-21-13-6-11(23)1-2-12(13)17/h1-6,21H,7H2,(H,22,24). The molecule has 4 nitrogen and oxygen atoms in total. The minimum absolute atomic E-state index is 0.0772. The van der Waals surface area contributed by atoms with Gasteiger partial charge in [0.1, 0.15) is 11.6 Å². The number of fused-ring (bicyclic) bond motifs is 2. The third-order valence-electron chi connectivity index (χ3n) is 3.41. The van der Waals surface area contributed by atoms with E-state index in [2.05, 4.69) is 10.6 Å². The molecule has 24 heavy (non-hydrogen) atoms. The molecule has 0 radical (unpaired) electrons. The van der Waals surface area contributed by atoms with Gasteiger partial charge in [-0.15, -0.1) is 0 Å². The first-order valence-corrected chi connectivity index (χ1v) is 6.74. The van der Waals surface area contributed by atoms with Crippen molar-refractivity contribution < 1.29 is 26.7 Å². The van der Waals surface area contributed by atoms with E-state index < -0.39 is 29.4 Å². The summed E-state index contributed by atoms with van der Waals surface area (Å²) in [5, 5.41) is 4.85. The molecule has 0 fully saturated rings. The molecular weight excluding hydrogens is 333 g/mol. The SMILES string of the molecule is O=C(Nc1cc(F)cc(C(F)(F)F)c1)N1CNc2cc1ccc2F. The van der Waals surface area contributed by atoms with Crippen LogP contribution in [0.2, 0.25) is 0 Å². The minimum atomic E-state index is -4.74. The van der Waals surface area contributed by atoms with E-state index in [1.807, 2.05) is 0 Å². The molecule has 2 aromatic rings. The second-order valence-electron chi connectivity index (χ2n) is 5.08. The van der Waals surface area contributed by atoms with Gasteiger partial charge < -0.3 is 10.6 Å². The van der Waals surface area contributed by atoms with Crippen molar-refractivity contribution in [1.29, 1.82) is 0 Å². The number of nitrogens with one attached hydrogen (secondary N) is 2. The molecule has 0 saturated heterocycles. The topological polar surface area (TPSA) is 44.4 Å². The number of hydrogen-bond donors (Lipinski definition) is 2. The predicted molar refractivity (Wildman–Crippen MR) is 77.8 cm³/mol. The Morgan fingerprint density at radius 3 is 2.58 bits per heavy atom. The van der Waals surface area contributed by atoms with Gasteiger partial charge in [0, 0.05) is 11.4 Å². The zero-order valence-corrected chi connectivity index (χ0v) is 11.9. The van der Waals surface area contributed by atoms with Gasteiger partial charge in [-0.3, -0.25) is 4.90 Å². The molecule has 9 heteroatoms. The second-order valence-corrected chi connectivity index (χ2v) is 5.08. The number of carbonyl (C=O) groups is 1. The Bertz CT molecular complexity index is 806. The molecule has 2 bridgehead atoms. The van der Waals surface area contributed by atoms with E-state index in [9.17, 15) is 26.7 Å². The van der Waals surface area contributed by atoms with Gasteiger partial charge in [-0.1, -0.05) is 0 Å². The average molecular weight is 343 g/mol. The van der Waals surface area contributed by atoms with Crippen LogP contribution in [0.4, 0.5) is 43.8 Å². The maximum atomic E-state index is 13.3. The Morgan fingerprint density at radius 2 is 1.88 bits per heavy atom. The van der Waals surface area contributed by atoms with Crippen LogP contribution in [0.15, 0.2) is 36.4 Å². The van der Waals surface area contributed by atoms with Crippen molar-refractivity contribution in [1.82, 2.24) is 0 Å². The Balaban J connectivity index is 1.83. The minimum Gasteiger partial charge on any atom is -0.365 e. The van der Waals surface area contributed by atoms with Gasteiger partial charge in [-0.2, -0.15) is 13.2 Å². The monoisotopic (exact) mass is 343 g/mol. The molecule has 0 atom stereocenters. The molecule has 0 aliphatic carbocycles. The molecule has 2 aromatic carbocycles. The highest BCUT2D eigenvalue weighted by Crippen LogP contribution is 2.32. The quantitative estimate of drug-likeness (QED) is 0.754. The molecule has 0 unspecified atom stereocenters. The van der Waals surface area contributed by atoms with Crippen molar-refractivity contribution in [3.8, 4) is 0 Å². The smallest absolute Gasteiger partial charge is 0.365 e. The van der Waals surface area contributed by atoms with E-state index in [0.717, 1.165) is 17.0 Å². The normalized spacial score (nSPS) is 13.5. The van der Waals surface area contributed by atoms with Crippen LogP contribution in [0.5, 0.6) is 0 Å². The van der Waals surface area contributed by atoms with Crippen LogP contribution in [0, 0.1) is 11.6 Å². The van der Waals surface area contributed by atoms with E-state index in [4.69, 9.17) is 0 Å². The van der Waals surface area contributed by atoms with Crippen LogP contribution >= 0.6 is 0 Å². The summed E-state index contributed by atoms with van der Waals surface area (Å²) in [6.45, 7) is -0.0772. The number of benzene rings is 2. The maximum absolute atomic E-state index is 13.3. The van der Waals surface area contributed by atoms with Crippen LogP contribution < -0.4 is 15.5 Å². The van der Waals surface area contributed by atoms with E-state index in [1.54, 1.807) is 0 Å². The lowest BCUT2D eigenvalue weighted by atomic mass is 10.2. The van der Waals surface area contributed by atoms with Gasteiger partial charge in [0.15, 0.2) is 0 Å². The van der Waals surface area contributed by atoms with E-state index in [0.29, 0.717) is 17.8 Å². The summed E-state index contributed by atoms with van der Waals surface area (Å²) in [4.78, 5) is 13.4. The Labute approximate surface area is 132 Å². The van der Waals surface area contributed by atoms with Gasteiger partial charge in [0.2, 0.25) is 0 Å². The molecule has 2 N–H and O–H groups in total. The molecule has 3 rings (SSSR count). The first kappa shape index (κ1) is 16.0. The third kappa shape index (κ3) is 3.10. The third-order valence-corrected chi connectivity index (χ3v) is 3.41. The molecule has 0 saturated carbocycles. The van der Waals surface area contributed by atoms with Crippen molar-refractivity contribution >= 4 is 23.1 Å². The lowest BCUT2D eigenvalue weighted by Crippen LogP contribution is -2.40. The van der Waals surface area contributed by atoms with Crippen molar-refractivity contribution in [2.75, 3.05) is 22.2 Å². The van der Waals surface area contributed by atoms with E-state index in [-0.39, 0.29) is 18.0 Å². The summed E-state index contributed by atoms with van der Waals surface area (Å²) in [6.07, 6.45) is -4.74. The number of alkyl halides is 3. The van der Waals surface area contributed by atoms with Crippen LogP contribution in [0.3, 0.4) is 0 Å². The van der Waals surface area contributed by atoms with E-state index in [1.165, 1.54) is 12.1 Å². The van der Waals surface area contributed by atoms with Crippen LogP contribution in [-0.4, -0.2) is 12.7 Å². The summed E-state index contributed by atoms with van der Waals surface area (Å²) in [5.74, 6) is -1.61. The predicted octanol–water partition coefficient (Wildman–Crippen LogP) is 4.41. The molecule has 1 aliphatic rings. The van der Waals surface area contributed by atoms with Crippen molar-refractivity contribution in [3.05, 3.63) is 53.6 Å². The number of amides is 2. The first-order chi connectivity index (χ1) is 11.2. The first-order valence-electron chi connectivity index (χ1n) is 6.74. The fourth-order valence-corrected chi connectivity index (χ4v) is 2.28. The summed E-state index contributed by atoms with van der Waals surface area (Å²) >= 11 is 0. The van der Waals surface area contributed by atoms with Gasteiger partial charge in [-0.05, 0) is 36.4 Å². The summed E-state index contributed by atoms with van der Waals surface area (Å²) in [6, 6.07) is 4.86. The molecular formula is C15H10F5N3O. The van der Waals surface area contributed by atoms with Gasteiger partial charge in [-0.25, -0.2) is 13.6 Å². The number of anilines is 3. The Hall–Kier alpha value is -2.84. The van der Waals surface area contributed by atoms with E-state index >= 15 is 0 Å². The maximum Gasteiger partial charge on any atom is 0.416 e. The zero-order chi connectivity index (χ0) is 17.5. The average Bonchev–Trinajstić information content (AvgIpc) is 2.50. The van der Waals surface area contributed by atoms with Gasteiger partial charge >= 0.3 is 12.2 Å². The number of hydrogen-bond acceptors (Lipinski definition) is 2. The summed E-state index contributed by atoms with van der Waals surface area (Å²) in [7, 11) is 0. The highest BCUT2D eigenvalue weighted by molar-refractivity contribution is 6.02. The Morgan fingerprint density at radius 1 is 1.12 bits per heavy atom. The van der Waals surface area contributed by atoms with Crippen LogP contribution in [-0.2, 0) is 6.18 Å². The highest BCUT2D eigenvalue weighted by Gasteiger charge is 2.32. The number of urea groups is 1. The largest absolute Gasteiger partial charge is 0.416 e. The van der Waals surface area contributed by atoms with Crippen molar-refractivity contribution in [2.45, 2.75) is 6.18 Å². The lowest BCUT2D eigenvalue weighted by molar-refractivity contribution is -0.137. The molecule has 1 aliphatic heterocycles. The molecule has 0 aromatic heterocycles. The van der Waals surface area contributed by atoms with Crippen molar-refractivity contribution in [2.24, 2.45) is 0 Å². The highest BCUT2D eigenvalue weighted by atomic mass is 19.4.